The minimum atomic E-state index is -1.06. The SMILES string of the molecule is Cc1ccc2c(c1)c(-n1cccc1)c1n2C[C@](C)(C(=O)NC2CCCC2)N(Cc2ccccn2)C1=O. The Kier molecular flexibility index (Phi) is 5.43. The summed E-state index contributed by atoms with van der Waals surface area (Å²) in [6.07, 6.45) is 9.90. The van der Waals surface area contributed by atoms with Gasteiger partial charge >= 0.3 is 0 Å². The first-order valence-electron chi connectivity index (χ1n) is 12.7. The monoisotopic (exact) mass is 481 g/mol. The third-order valence-corrected chi connectivity index (χ3v) is 7.79. The number of hydrogen-bond acceptors (Lipinski definition) is 3. The molecule has 0 bridgehead atoms. The smallest absolute Gasteiger partial charge is 0.274 e. The maximum Gasteiger partial charge on any atom is 0.274 e. The first kappa shape index (κ1) is 22.6. The summed E-state index contributed by atoms with van der Waals surface area (Å²) in [5, 5.41) is 4.28. The average molecular weight is 482 g/mol. The van der Waals surface area contributed by atoms with E-state index in [1.54, 1.807) is 11.1 Å². The van der Waals surface area contributed by atoms with Crippen molar-refractivity contribution in [1.29, 1.82) is 0 Å². The van der Waals surface area contributed by atoms with Gasteiger partial charge in [-0.05, 0) is 63.1 Å². The molecule has 1 aliphatic heterocycles. The van der Waals surface area contributed by atoms with E-state index in [1.165, 1.54) is 0 Å². The van der Waals surface area contributed by atoms with Crippen molar-refractivity contribution in [1.82, 2.24) is 24.3 Å². The van der Waals surface area contributed by atoms with Gasteiger partial charge in [-0.3, -0.25) is 14.6 Å². The molecule has 1 aliphatic carbocycles. The van der Waals surface area contributed by atoms with Crippen LogP contribution in [0.5, 0.6) is 0 Å². The zero-order valence-corrected chi connectivity index (χ0v) is 20.8. The molecule has 1 saturated carbocycles. The van der Waals surface area contributed by atoms with E-state index in [4.69, 9.17) is 0 Å². The van der Waals surface area contributed by atoms with Crippen molar-refractivity contribution in [3.63, 3.8) is 0 Å². The number of nitrogens with one attached hydrogen (secondary N) is 1. The van der Waals surface area contributed by atoms with E-state index in [9.17, 15) is 9.59 Å². The molecular weight excluding hydrogens is 450 g/mol. The van der Waals surface area contributed by atoms with Crippen LogP contribution in [0, 0.1) is 6.92 Å². The number of aryl methyl sites for hydroxylation is 1. The molecule has 0 radical (unpaired) electrons. The van der Waals surface area contributed by atoms with Crippen molar-refractivity contribution in [3.05, 3.63) is 84.1 Å². The summed E-state index contributed by atoms with van der Waals surface area (Å²) in [5.41, 5.74) is 3.24. The Hall–Kier alpha value is -3.87. The second-order valence-electron chi connectivity index (χ2n) is 10.3. The van der Waals surface area contributed by atoms with Crippen LogP contribution in [-0.4, -0.2) is 42.4 Å². The van der Waals surface area contributed by atoms with Gasteiger partial charge in [-0.25, -0.2) is 0 Å². The quantitative estimate of drug-likeness (QED) is 0.453. The zero-order chi connectivity index (χ0) is 24.9. The summed E-state index contributed by atoms with van der Waals surface area (Å²) >= 11 is 0. The predicted molar refractivity (Wildman–Crippen MR) is 139 cm³/mol. The van der Waals surface area contributed by atoms with E-state index in [0.29, 0.717) is 12.2 Å². The van der Waals surface area contributed by atoms with E-state index >= 15 is 0 Å². The third kappa shape index (κ3) is 3.61. The Morgan fingerprint density at radius 1 is 1.11 bits per heavy atom. The molecule has 2 aliphatic rings. The summed E-state index contributed by atoms with van der Waals surface area (Å²) < 4.78 is 4.06. The third-order valence-electron chi connectivity index (χ3n) is 7.79. The largest absolute Gasteiger partial charge is 0.351 e. The summed E-state index contributed by atoms with van der Waals surface area (Å²) in [4.78, 5) is 34.6. The highest BCUT2D eigenvalue weighted by Gasteiger charge is 2.49. The number of benzene rings is 1. The Bertz CT molecular complexity index is 1430. The first-order valence-corrected chi connectivity index (χ1v) is 12.7. The number of amides is 2. The van der Waals surface area contributed by atoms with Gasteiger partial charge in [0.1, 0.15) is 11.2 Å². The Labute approximate surface area is 210 Å². The standard InChI is InChI=1S/C29H31N5O2/c1-20-12-13-24-23(17-20)25(32-15-7-8-16-32)26-27(35)34(18-22-11-5-6-14-30-22)29(2,19-33(24)26)28(36)31-21-9-3-4-10-21/h5-8,11-17,21H,3-4,9-10,18-19H2,1-2H3,(H,31,36)/t29-/m1/s1. The molecule has 4 aromatic rings. The number of nitrogens with zero attached hydrogens (tertiary/aromatic N) is 4. The zero-order valence-electron chi connectivity index (χ0n) is 20.8. The van der Waals surface area contributed by atoms with Crippen molar-refractivity contribution >= 4 is 22.7 Å². The van der Waals surface area contributed by atoms with Crippen LogP contribution in [0.1, 0.15) is 54.4 Å². The normalized spacial score (nSPS) is 20.2. The van der Waals surface area contributed by atoms with Gasteiger partial charge < -0.3 is 19.4 Å². The number of carbonyl (C=O) groups is 2. The second-order valence-corrected chi connectivity index (χ2v) is 10.3. The maximum atomic E-state index is 14.4. The van der Waals surface area contributed by atoms with E-state index < -0.39 is 5.54 Å². The molecule has 4 heterocycles. The van der Waals surface area contributed by atoms with Crippen LogP contribution in [-0.2, 0) is 17.9 Å². The highest BCUT2D eigenvalue weighted by molar-refractivity contribution is 6.09. The van der Waals surface area contributed by atoms with Gasteiger partial charge in [0.05, 0.1) is 30.0 Å². The van der Waals surface area contributed by atoms with Crippen LogP contribution in [0.3, 0.4) is 0 Å². The van der Waals surface area contributed by atoms with Crippen LogP contribution in [0.25, 0.3) is 16.6 Å². The number of aromatic nitrogens is 3. The van der Waals surface area contributed by atoms with Crippen molar-refractivity contribution in [2.75, 3.05) is 0 Å². The molecule has 6 rings (SSSR count). The van der Waals surface area contributed by atoms with Gasteiger partial charge in [0.15, 0.2) is 0 Å². The van der Waals surface area contributed by atoms with Gasteiger partial charge in [-0.15, -0.1) is 0 Å². The van der Waals surface area contributed by atoms with Gasteiger partial charge in [-0.1, -0.05) is 30.5 Å². The lowest BCUT2D eigenvalue weighted by Gasteiger charge is -2.44. The van der Waals surface area contributed by atoms with Crippen LogP contribution in [0.4, 0.5) is 0 Å². The molecule has 184 valence electrons. The van der Waals surface area contributed by atoms with Crippen LogP contribution in [0.15, 0.2) is 67.1 Å². The predicted octanol–water partition coefficient (Wildman–Crippen LogP) is 4.61. The number of rotatable bonds is 5. The molecule has 7 heteroatoms. The number of fused-ring (bicyclic) bond motifs is 3. The number of hydrogen-bond donors (Lipinski definition) is 1. The Balaban J connectivity index is 1.53. The number of carbonyl (C=O) groups excluding carboxylic acids is 2. The summed E-state index contributed by atoms with van der Waals surface area (Å²) in [7, 11) is 0. The lowest BCUT2D eigenvalue weighted by molar-refractivity contribution is -0.133. The Morgan fingerprint density at radius 3 is 2.61 bits per heavy atom. The highest BCUT2D eigenvalue weighted by atomic mass is 16.2. The molecule has 0 spiro atoms. The minimum absolute atomic E-state index is 0.0965. The molecule has 1 aromatic carbocycles. The van der Waals surface area contributed by atoms with E-state index in [2.05, 4.69) is 40.0 Å². The van der Waals surface area contributed by atoms with Crippen LogP contribution < -0.4 is 5.32 Å². The van der Waals surface area contributed by atoms with Crippen molar-refractivity contribution in [3.8, 4) is 5.69 Å². The van der Waals surface area contributed by atoms with E-state index in [-0.39, 0.29) is 24.4 Å². The maximum absolute atomic E-state index is 14.4. The number of pyridine rings is 1. The van der Waals surface area contributed by atoms with E-state index in [0.717, 1.165) is 53.5 Å². The molecule has 0 saturated heterocycles. The van der Waals surface area contributed by atoms with Gasteiger partial charge in [0, 0.05) is 30.0 Å². The van der Waals surface area contributed by atoms with Crippen molar-refractivity contribution < 1.29 is 9.59 Å². The fourth-order valence-electron chi connectivity index (χ4n) is 5.83. The summed E-state index contributed by atoms with van der Waals surface area (Å²) in [6.45, 7) is 4.60. The molecule has 1 fully saturated rings. The highest BCUT2D eigenvalue weighted by Crippen LogP contribution is 2.39. The van der Waals surface area contributed by atoms with Crippen LogP contribution in [0.2, 0.25) is 0 Å². The molecule has 7 nitrogen and oxygen atoms in total. The lowest BCUT2D eigenvalue weighted by atomic mass is 9.93. The fraction of sp³-hybridized carbons (Fsp3) is 0.345. The van der Waals surface area contributed by atoms with Gasteiger partial charge in [-0.2, -0.15) is 0 Å². The van der Waals surface area contributed by atoms with Crippen molar-refractivity contribution in [2.45, 2.75) is 64.2 Å². The topological polar surface area (TPSA) is 72.2 Å². The van der Waals surface area contributed by atoms with Gasteiger partial charge in [0.25, 0.3) is 5.91 Å². The first-order chi connectivity index (χ1) is 17.5. The molecule has 1 N–H and O–H groups in total. The molecule has 1 atom stereocenters. The molecule has 2 amide bonds. The van der Waals surface area contributed by atoms with E-state index in [1.807, 2.05) is 54.2 Å². The Morgan fingerprint density at radius 2 is 1.89 bits per heavy atom. The lowest BCUT2D eigenvalue weighted by Crippen LogP contribution is -2.64. The average Bonchev–Trinajstić information content (AvgIpc) is 3.63. The fourth-order valence-corrected chi connectivity index (χ4v) is 5.83. The summed E-state index contributed by atoms with van der Waals surface area (Å²) in [6, 6.07) is 16.0. The minimum Gasteiger partial charge on any atom is -0.351 e. The van der Waals surface area contributed by atoms with Crippen molar-refractivity contribution in [2.24, 2.45) is 0 Å². The second kappa shape index (κ2) is 8.66. The molecular formula is C29H31N5O2. The van der Waals surface area contributed by atoms with Crippen LogP contribution >= 0.6 is 0 Å². The summed E-state index contributed by atoms with van der Waals surface area (Å²) in [5.74, 6) is -0.255. The molecule has 0 unspecified atom stereocenters. The van der Waals surface area contributed by atoms with Gasteiger partial charge in [0.2, 0.25) is 5.91 Å². The molecule has 36 heavy (non-hydrogen) atoms. The molecule has 3 aromatic heterocycles.